The van der Waals surface area contributed by atoms with Gasteiger partial charge in [0, 0.05) is 24.9 Å². The Bertz CT molecular complexity index is 539. The number of amides is 1. The molecule has 5 heteroatoms. The summed E-state index contributed by atoms with van der Waals surface area (Å²) in [6, 6.07) is 4.17. The van der Waals surface area contributed by atoms with Gasteiger partial charge in [-0.05, 0) is 25.0 Å². The lowest BCUT2D eigenvalue weighted by atomic mass is 10.1. The summed E-state index contributed by atoms with van der Waals surface area (Å²) in [5.74, 6) is -0.622. The summed E-state index contributed by atoms with van der Waals surface area (Å²) in [7, 11) is 0. The van der Waals surface area contributed by atoms with Crippen LogP contribution in [-0.2, 0) is 4.79 Å². The van der Waals surface area contributed by atoms with E-state index in [0.29, 0.717) is 13.0 Å². The van der Waals surface area contributed by atoms with Crippen molar-refractivity contribution in [3.05, 3.63) is 29.6 Å². The Labute approximate surface area is 109 Å². The Morgan fingerprint density at radius 1 is 1.32 bits per heavy atom. The third kappa shape index (κ3) is 2.45. The van der Waals surface area contributed by atoms with Crippen molar-refractivity contribution < 1.29 is 18.7 Å². The van der Waals surface area contributed by atoms with Crippen molar-refractivity contribution in [3.8, 4) is 5.75 Å². The van der Waals surface area contributed by atoms with Crippen LogP contribution < -0.4 is 10.1 Å². The first-order chi connectivity index (χ1) is 9.15. The second-order valence-corrected chi connectivity index (χ2v) is 4.97. The summed E-state index contributed by atoms with van der Waals surface area (Å²) >= 11 is 0. The van der Waals surface area contributed by atoms with Gasteiger partial charge in [-0.1, -0.05) is 0 Å². The molecule has 1 saturated heterocycles. The van der Waals surface area contributed by atoms with Crippen molar-refractivity contribution in [2.45, 2.75) is 25.4 Å². The molecular weight excluding hydrogens is 249 g/mol. The van der Waals surface area contributed by atoms with E-state index in [9.17, 15) is 14.0 Å². The van der Waals surface area contributed by atoms with Crippen LogP contribution >= 0.6 is 0 Å². The Morgan fingerprint density at radius 3 is 2.68 bits per heavy atom. The number of carbonyl (C=O) groups is 2. The molecule has 2 aliphatic rings. The van der Waals surface area contributed by atoms with Crippen LogP contribution in [0.1, 0.15) is 29.6 Å². The van der Waals surface area contributed by atoms with Gasteiger partial charge in [-0.2, -0.15) is 0 Å². The third-order valence-corrected chi connectivity index (χ3v) is 3.43. The summed E-state index contributed by atoms with van der Waals surface area (Å²) in [5.41, 5.74) is 0.116. The maximum atomic E-state index is 13.9. The Kier molecular flexibility index (Phi) is 2.97. The number of halogens is 1. The topological polar surface area (TPSA) is 55.4 Å². The number of nitrogens with one attached hydrogen (secondary N) is 1. The van der Waals surface area contributed by atoms with Crippen LogP contribution in [0.15, 0.2) is 18.2 Å². The zero-order chi connectivity index (χ0) is 13.4. The lowest BCUT2D eigenvalue weighted by Crippen LogP contribution is -2.27. The molecule has 1 atom stereocenters. The van der Waals surface area contributed by atoms with E-state index in [1.54, 1.807) is 6.07 Å². The van der Waals surface area contributed by atoms with Gasteiger partial charge < -0.3 is 10.1 Å². The molecular formula is C14H14FNO3. The first-order valence-corrected chi connectivity index (χ1v) is 6.43. The highest BCUT2D eigenvalue weighted by Crippen LogP contribution is 2.34. The molecule has 0 aromatic heterocycles. The molecule has 3 rings (SSSR count). The van der Waals surface area contributed by atoms with Gasteiger partial charge in [0.25, 0.3) is 5.91 Å². The zero-order valence-electron chi connectivity index (χ0n) is 10.3. The monoisotopic (exact) mass is 263 g/mol. The number of ether oxygens (including phenoxy) is 1. The lowest BCUT2D eigenvalue weighted by Gasteiger charge is -2.11. The van der Waals surface area contributed by atoms with Gasteiger partial charge >= 0.3 is 0 Å². The fourth-order valence-electron chi connectivity index (χ4n) is 2.18. The largest absolute Gasteiger partial charge is 0.480 e. The van der Waals surface area contributed by atoms with Gasteiger partial charge in [0.05, 0.1) is 5.56 Å². The normalized spacial score (nSPS) is 22.2. The van der Waals surface area contributed by atoms with Crippen LogP contribution in [0, 0.1) is 11.7 Å². The van der Waals surface area contributed by atoms with Crippen molar-refractivity contribution in [1.29, 1.82) is 0 Å². The van der Waals surface area contributed by atoms with Crippen molar-refractivity contribution in [1.82, 2.24) is 5.32 Å². The third-order valence-electron chi connectivity index (χ3n) is 3.43. The summed E-state index contributed by atoms with van der Waals surface area (Å²) in [6.07, 6.45) is 1.70. The van der Waals surface area contributed by atoms with Crippen LogP contribution in [0.5, 0.6) is 5.75 Å². The van der Waals surface area contributed by atoms with Crippen LogP contribution in [-0.4, -0.2) is 24.3 Å². The molecule has 1 N–H and O–H groups in total. The minimum Gasteiger partial charge on any atom is -0.480 e. The minimum absolute atomic E-state index is 0.0121. The second-order valence-electron chi connectivity index (χ2n) is 4.97. The van der Waals surface area contributed by atoms with Gasteiger partial charge in [0.15, 0.2) is 11.9 Å². The summed E-state index contributed by atoms with van der Waals surface area (Å²) in [6.45, 7) is 0.574. The fourth-order valence-corrected chi connectivity index (χ4v) is 2.18. The average molecular weight is 263 g/mol. The predicted molar refractivity (Wildman–Crippen MR) is 65.5 cm³/mol. The van der Waals surface area contributed by atoms with E-state index >= 15 is 0 Å². The molecule has 0 radical (unpaired) electrons. The molecule has 1 aliphatic carbocycles. The predicted octanol–water partition coefficient (Wildman–Crippen LogP) is 1.69. The number of hydrogen-bond donors (Lipinski definition) is 1. The van der Waals surface area contributed by atoms with E-state index in [1.165, 1.54) is 12.1 Å². The highest BCUT2D eigenvalue weighted by molar-refractivity contribution is 5.99. The Balaban J connectivity index is 1.75. The number of ketones is 1. The maximum Gasteiger partial charge on any atom is 0.261 e. The number of rotatable bonds is 4. The first kappa shape index (κ1) is 12.1. The van der Waals surface area contributed by atoms with E-state index in [4.69, 9.17) is 4.74 Å². The van der Waals surface area contributed by atoms with Gasteiger partial charge in [0.1, 0.15) is 11.6 Å². The van der Waals surface area contributed by atoms with E-state index < -0.39 is 11.9 Å². The zero-order valence-corrected chi connectivity index (χ0v) is 10.3. The van der Waals surface area contributed by atoms with Gasteiger partial charge in [-0.25, -0.2) is 4.39 Å². The van der Waals surface area contributed by atoms with Gasteiger partial charge in [-0.3, -0.25) is 9.59 Å². The van der Waals surface area contributed by atoms with Gasteiger partial charge in [-0.15, -0.1) is 0 Å². The molecule has 0 bridgehead atoms. The standard InChI is InChI=1S/C14H14FNO3/c15-11-7-9(19-12-5-6-16-14(12)18)3-4-10(11)13(17)8-1-2-8/h3-4,7-8,12H,1-2,5-6H2,(H,16,18). The Morgan fingerprint density at radius 2 is 2.11 bits per heavy atom. The Hall–Kier alpha value is -1.91. The van der Waals surface area contributed by atoms with E-state index in [1.807, 2.05) is 0 Å². The molecule has 1 heterocycles. The number of carbonyl (C=O) groups excluding carboxylic acids is 2. The maximum absolute atomic E-state index is 13.9. The van der Waals surface area contributed by atoms with Crippen molar-refractivity contribution in [3.63, 3.8) is 0 Å². The number of Topliss-reactive ketones (excluding diaryl/α,β-unsaturated/α-hetero) is 1. The molecule has 4 nitrogen and oxygen atoms in total. The summed E-state index contributed by atoms with van der Waals surface area (Å²) < 4.78 is 19.3. The molecule has 1 aromatic carbocycles. The quantitative estimate of drug-likeness (QED) is 0.841. The van der Waals surface area contributed by atoms with Crippen LogP contribution in [0.3, 0.4) is 0 Å². The van der Waals surface area contributed by atoms with E-state index in [0.717, 1.165) is 12.8 Å². The van der Waals surface area contributed by atoms with Crippen molar-refractivity contribution >= 4 is 11.7 Å². The van der Waals surface area contributed by atoms with Crippen LogP contribution in [0.25, 0.3) is 0 Å². The molecule has 0 spiro atoms. The fraction of sp³-hybridized carbons (Fsp3) is 0.429. The van der Waals surface area contributed by atoms with Crippen LogP contribution in [0.2, 0.25) is 0 Å². The second kappa shape index (κ2) is 4.64. The van der Waals surface area contributed by atoms with Crippen molar-refractivity contribution in [2.24, 2.45) is 5.92 Å². The van der Waals surface area contributed by atoms with Crippen LogP contribution in [0.4, 0.5) is 4.39 Å². The van der Waals surface area contributed by atoms with E-state index in [-0.39, 0.29) is 28.9 Å². The summed E-state index contributed by atoms with van der Waals surface area (Å²) in [4.78, 5) is 23.1. The first-order valence-electron chi connectivity index (χ1n) is 6.43. The molecule has 1 unspecified atom stereocenters. The molecule has 1 aromatic rings. The summed E-state index contributed by atoms with van der Waals surface area (Å²) in [5, 5.41) is 2.65. The smallest absolute Gasteiger partial charge is 0.261 e. The number of benzene rings is 1. The average Bonchev–Trinajstić information content (AvgIpc) is 3.15. The highest BCUT2D eigenvalue weighted by Gasteiger charge is 2.32. The van der Waals surface area contributed by atoms with E-state index in [2.05, 4.69) is 5.32 Å². The molecule has 1 amide bonds. The molecule has 100 valence electrons. The molecule has 19 heavy (non-hydrogen) atoms. The molecule has 2 fully saturated rings. The minimum atomic E-state index is -0.576. The molecule has 1 aliphatic heterocycles. The SMILES string of the molecule is O=C(c1ccc(OC2CCNC2=O)cc1F)C1CC1. The number of hydrogen-bond acceptors (Lipinski definition) is 3. The van der Waals surface area contributed by atoms with Crippen molar-refractivity contribution in [2.75, 3.05) is 6.54 Å². The molecule has 1 saturated carbocycles. The van der Waals surface area contributed by atoms with Gasteiger partial charge in [0.2, 0.25) is 0 Å². The highest BCUT2D eigenvalue weighted by atomic mass is 19.1. The lowest BCUT2D eigenvalue weighted by molar-refractivity contribution is -0.124.